The van der Waals surface area contributed by atoms with Crippen molar-refractivity contribution in [1.29, 1.82) is 0 Å². The van der Waals surface area contributed by atoms with Crippen molar-refractivity contribution in [2.24, 2.45) is 0 Å². The molecule has 0 aliphatic heterocycles. The molecule has 1 aromatic carbocycles. The highest BCUT2D eigenvalue weighted by molar-refractivity contribution is 5.97. The summed E-state index contributed by atoms with van der Waals surface area (Å²) in [5.41, 5.74) is 0.337. The fraction of sp³-hybridized carbons (Fsp3) is 0.375. The molecule has 9 heteroatoms. The van der Waals surface area contributed by atoms with E-state index in [0.717, 1.165) is 7.11 Å². The van der Waals surface area contributed by atoms with Gasteiger partial charge in [0, 0.05) is 6.54 Å². The number of methoxy groups -OCH3 is 2. The van der Waals surface area contributed by atoms with E-state index >= 15 is 0 Å². The molecular formula is C16H20N2O7. The number of nitrogens with one attached hydrogen (secondary N) is 2. The number of rotatable bonds is 7. The average molecular weight is 352 g/mol. The second kappa shape index (κ2) is 9.91. The van der Waals surface area contributed by atoms with Crippen molar-refractivity contribution in [3.05, 3.63) is 29.8 Å². The van der Waals surface area contributed by atoms with Crippen molar-refractivity contribution in [3.8, 4) is 5.75 Å². The van der Waals surface area contributed by atoms with E-state index in [1.165, 1.54) is 14.0 Å². The SMILES string of the molecule is COC(=O)NC(=O)[C@@H](C)OC(=O)CCNC(=O)c1ccccc1OC. The van der Waals surface area contributed by atoms with E-state index in [4.69, 9.17) is 9.47 Å². The van der Waals surface area contributed by atoms with Crippen LogP contribution in [0.3, 0.4) is 0 Å². The predicted molar refractivity (Wildman–Crippen MR) is 86.0 cm³/mol. The van der Waals surface area contributed by atoms with Gasteiger partial charge in [0.15, 0.2) is 6.10 Å². The molecule has 0 bridgehead atoms. The van der Waals surface area contributed by atoms with Crippen molar-refractivity contribution >= 4 is 23.9 Å². The molecule has 136 valence electrons. The van der Waals surface area contributed by atoms with Crippen LogP contribution in [0.2, 0.25) is 0 Å². The van der Waals surface area contributed by atoms with Crippen molar-refractivity contribution in [1.82, 2.24) is 10.6 Å². The number of carbonyl (C=O) groups excluding carboxylic acids is 4. The maximum Gasteiger partial charge on any atom is 0.413 e. The average Bonchev–Trinajstić information content (AvgIpc) is 2.61. The first-order valence-electron chi connectivity index (χ1n) is 7.38. The van der Waals surface area contributed by atoms with Crippen molar-refractivity contribution in [3.63, 3.8) is 0 Å². The molecule has 0 aromatic heterocycles. The quantitative estimate of drug-likeness (QED) is 0.691. The Labute approximate surface area is 144 Å². The summed E-state index contributed by atoms with van der Waals surface area (Å²) < 4.78 is 14.2. The van der Waals surface area contributed by atoms with Gasteiger partial charge in [0.1, 0.15) is 5.75 Å². The first-order chi connectivity index (χ1) is 11.9. The van der Waals surface area contributed by atoms with E-state index in [2.05, 4.69) is 10.1 Å². The largest absolute Gasteiger partial charge is 0.496 e. The van der Waals surface area contributed by atoms with E-state index in [9.17, 15) is 19.2 Å². The third-order valence-electron chi connectivity index (χ3n) is 3.05. The van der Waals surface area contributed by atoms with Crippen molar-refractivity contribution < 1.29 is 33.4 Å². The molecule has 0 saturated heterocycles. The van der Waals surface area contributed by atoms with Gasteiger partial charge < -0.3 is 19.5 Å². The van der Waals surface area contributed by atoms with Crippen LogP contribution in [0.1, 0.15) is 23.7 Å². The van der Waals surface area contributed by atoms with Crippen LogP contribution in [0, 0.1) is 0 Å². The molecule has 0 unspecified atom stereocenters. The lowest BCUT2D eigenvalue weighted by molar-refractivity contribution is -0.154. The Morgan fingerprint density at radius 2 is 1.80 bits per heavy atom. The van der Waals surface area contributed by atoms with Crippen LogP contribution in [-0.4, -0.2) is 50.7 Å². The summed E-state index contributed by atoms with van der Waals surface area (Å²) in [4.78, 5) is 46.1. The first kappa shape index (κ1) is 19.9. The molecule has 0 spiro atoms. The monoisotopic (exact) mass is 352 g/mol. The number of hydrogen-bond donors (Lipinski definition) is 2. The number of carbonyl (C=O) groups is 4. The predicted octanol–water partition coefficient (Wildman–Crippen LogP) is 0.629. The molecular weight excluding hydrogens is 332 g/mol. The Kier molecular flexibility index (Phi) is 7.91. The maximum absolute atomic E-state index is 12.0. The Balaban J connectivity index is 2.40. The van der Waals surface area contributed by atoms with E-state index in [-0.39, 0.29) is 13.0 Å². The van der Waals surface area contributed by atoms with Crippen LogP contribution in [0.25, 0.3) is 0 Å². The molecule has 2 N–H and O–H groups in total. The Hall–Kier alpha value is -3.10. The summed E-state index contributed by atoms with van der Waals surface area (Å²) in [6.07, 6.45) is -2.26. The zero-order valence-corrected chi connectivity index (χ0v) is 14.2. The van der Waals surface area contributed by atoms with Crippen LogP contribution in [0.15, 0.2) is 24.3 Å². The van der Waals surface area contributed by atoms with Gasteiger partial charge >= 0.3 is 12.1 Å². The Morgan fingerprint density at radius 3 is 2.44 bits per heavy atom. The Morgan fingerprint density at radius 1 is 1.12 bits per heavy atom. The molecule has 0 radical (unpaired) electrons. The van der Waals surface area contributed by atoms with Gasteiger partial charge in [-0.1, -0.05) is 12.1 Å². The number of para-hydroxylation sites is 1. The highest BCUT2D eigenvalue weighted by atomic mass is 16.6. The molecule has 9 nitrogen and oxygen atoms in total. The fourth-order valence-corrected chi connectivity index (χ4v) is 1.77. The number of hydrogen-bond acceptors (Lipinski definition) is 7. The van der Waals surface area contributed by atoms with E-state index in [1.807, 2.05) is 5.32 Å². The summed E-state index contributed by atoms with van der Waals surface area (Å²) in [5.74, 6) is -1.50. The van der Waals surface area contributed by atoms with Gasteiger partial charge in [-0.15, -0.1) is 0 Å². The molecule has 0 fully saturated rings. The van der Waals surface area contributed by atoms with E-state index in [0.29, 0.717) is 11.3 Å². The van der Waals surface area contributed by atoms with Crippen molar-refractivity contribution in [2.75, 3.05) is 20.8 Å². The molecule has 3 amide bonds. The van der Waals surface area contributed by atoms with Gasteiger partial charge in [-0.2, -0.15) is 0 Å². The zero-order chi connectivity index (χ0) is 18.8. The number of ether oxygens (including phenoxy) is 3. The molecule has 0 heterocycles. The van der Waals surface area contributed by atoms with Crippen molar-refractivity contribution in [2.45, 2.75) is 19.4 Å². The second-order valence-electron chi connectivity index (χ2n) is 4.82. The lowest BCUT2D eigenvalue weighted by Crippen LogP contribution is -2.39. The standard InChI is InChI=1S/C16H20N2O7/c1-10(14(20)18-16(22)24-3)25-13(19)8-9-17-15(21)11-6-4-5-7-12(11)23-2/h4-7,10H,8-9H2,1-3H3,(H,17,21)(H,18,20,22)/t10-/m1/s1. The summed E-state index contributed by atoms with van der Waals surface area (Å²) in [7, 11) is 2.55. The minimum Gasteiger partial charge on any atom is -0.496 e. The smallest absolute Gasteiger partial charge is 0.413 e. The number of esters is 1. The van der Waals surface area contributed by atoms with Gasteiger partial charge in [0.05, 0.1) is 26.2 Å². The summed E-state index contributed by atoms with van der Waals surface area (Å²) in [6, 6.07) is 6.65. The molecule has 0 aliphatic carbocycles. The number of alkyl carbamates (subject to hydrolysis) is 1. The van der Waals surface area contributed by atoms with Crippen LogP contribution in [0.5, 0.6) is 5.75 Å². The fourth-order valence-electron chi connectivity index (χ4n) is 1.77. The third-order valence-corrected chi connectivity index (χ3v) is 3.05. The molecule has 1 rings (SSSR count). The van der Waals surface area contributed by atoms with Gasteiger partial charge in [-0.25, -0.2) is 4.79 Å². The molecule has 0 saturated carbocycles. The minimum atomic E-state index is -1.17. The summed E-state index contributed by atoms with van der Waals surface area (Å²) in [6.45, 7) is 1.32. The van der Waals surface area contributed by atoms with Crippen LogP contribution in [-0.2, 0) is 19.1 Å². The normalized spacial score (nSPS) is 11.0. The van der Waals surface area contributed by atoms with Gasteiger partial charge in [-0.05, 0) is 19.1 Å². The highest BCUT2D eigenvalue weighted by Gasteiger charge is 2.20. The number of amides is 3. The Bertz CT molecular complexity index is 645. The maximum atomic E-state index is 12.0. The van der Waals surface area contributed by atoms with Gasteiger partial charge in [-0.3, -0.25) is 19.7 Å². The third kappa shape index (κ3) is 6.50. The number of benzene rings is 1. The first-order valence-corrected chi connectivity index (χ1v) is 7.38. The van der Waals surface area contributed by atoms with Crippen LogP contribution >= 0.6 is 0 Å². The van der Waals surface area contributed by atoms with E-state index < -0.39 is 30.0 Å². The topological polar surface area (TPSA) is 120 Å². The van der Waals surface area contributed by atoms with Gasteiger partial charge in [0.2, 0.25) is 0 Å². The summed E-state index contributed by atoms with van der Waals surface area (Å²) in [5, 5.41) is 4.44. The molecule has 1 aromatic rings. The zero-order valence-electron chi connectivity index (χ0n) is 14.2. The molecule has 0 aliphatic rings. The lowest BCUT2D eigenvalue weighted by atomic mass is 10.2. The molecule has 1 atom stereocenters. The minimum absolute atomic E-state index is 0.0149. The van der Waals surface area contributed by atoms with Gasteiger partial charge in [0.25, 0.3) is 11.8 Å². The number of imide groups is 1. The lowest BCUT2D eigenvalue weighted by Gasteiger charge is -2.13. The van der Waals surface area contributed by atoms with Crippen LogP contribution < -0.4 is 15.4 Å². The second-order valence-corrected chi connectivity index (χ2v) is 4.82. The van der Waals surface area contributed by atoms with Crippen LogP contribution in [0.4, 0.5) is 4.79 Å². The molecule has 25 heavy (non-hydrogen) atoms. The highest BCUT2D eigenvalue weighted by Crippen LogP contribution is 2.16. The van der Waals surface area contributed by atoms with E-state index in [1.54, 1.807) is 24.3 Å². The summed E-state index contributed by atoms with van der Waals surface area (Å²) >= 11 is 0.